The first kappa shape index (κ1) is 11.9. The summed E-state index contributed by atoms with van der Waals surface area (Å²) in [7, 11) is 0. The van der Waals surface area contributed by atoms with Crippen LogP contribution in [0.15, 0.2) is 11.4 Å². The topological polar surface area (TPSA) is 44.8 Å². The van der Waals surface area contributed by atoms with Crippen LogP contribution in [0.5, 0.6) is 0 Å². The van der Waals surface area contributed by atoms with Crippen LogP contribution in [0.4, 0.5) is 0 Å². The minimum Gasteiger partial charge on any atom is -0.299 e. The van der Waals surface area contributed by atoms with Crippen molar-refractivity contribution < 1.29 is 0 Å². The highest BCUT2D eigenvalue weighted by molar-refractivity contribution is 7.10. The summed E-state index contributed by atoms with van der Waals surface area (Å²) in [6, 6.07) is 2.27. The fraction of sp³-hybridized carbons (Fsp3) is 0.538. The third kappa shape index (κ3) is 2.62. The molecule has 0 saturated heterocycles. The van der Waals surface area contributed by atoms with E-state index >= 15 is 0 Å². The second-order valence-electron chi connectivity index (χ2n) is 4.84. The molecule has 1 aliphatic heterocycles. The van der Waals surface area contributed by atoms with Crippen LogP contribution in [-0.2, 0) is 19.4 Å². The fourth-order valence-electron chi connectivity index (χ4n) is 2.46. The molecule has 18 heavy (non-hydrogen) atoms. The molecule has 1 aliphatic rings. The number of nitrogens with zero attached hydrogens (tertiary/aromatic N) is 3. The number of thiophene rings is 1. The lowest BCUT2D eigenvalue weighted by Crippen LogP contribution is -2.30. The standard InChI is InChI=1S/C13H18N4S/c1-10-14-13(16-15-10)3-2-6-17-7-4-12-11(9-17)5-8-18-12/h5,8H,2-4,6-7,9H2,1H3,(H,14,15,16). The summed E-state index contributed by atoms with van der Waals surface area (Å²) in [5.74, 6) is 1.85. The molecule has 0 atom stereocenters. The van der Waals surface area contributed by atoms with Crippen molar-refractivity contribution >= 4 is 11.3 Å². The van der Waals surface area contributed by atoms with Gasteiger partial charge in [-0.25, -0.2) is 4.98 Å². The molecule has 0 unspecified atom stereocenters. The number of aromatic nitrogens is 3. The predicted octanol–water partition coefficient (Wildman–Crippen LogP) is 2.17. The summed E-state index contributed by atoms with van der Waals surface area (Å²) >= 11 is 1.90. The van der Waals surface area contributed by atoms with Crippen LogP contribution < -0.4 is 0 Å². The van der Waals surface area contributed by atoms with Crippen LogP contribution in [0.3, 0.4) is 0 Å². The van der Waals surface area contributed by atoms with E-state index in [0.29, 0.717) is 0 Å². The monoisotopic (exact) mass is 262 g/mol. The number of aryl methyl sites for hydroxylation is 2. The van der Waals surface area contributed by atoms with E-state index in [-0.39, 0.29) is 0 Å². The van der Waals surface area contributed by atoms with Gasteiger partial charge in [0.25, 0.3) is 0 Å². The fourth-order valence-corrected chi connectivity index (χ4v) is 3.35. The second kappa shape index (κ2) is 5.20. The Labute approximate surface area is 111 Å². The molecule has 0 amide bonds. The highest BCUT2D eigenvalue weighted by atomic mass is 32.1. The van der Waals surface area contributed by atoms with Gasteiger partial charge in [0.1, 0.15) is 5.82 Å². The van der Waals surface area contributed by atoms with E-state index in [9.17, 15) is 0 Å². The Morgan fingerprint density at radius 1 is 1.50 bits per heavy atom. The van der Waals surface area contributed by atoms with E-state index in [1.165, 1.54) is 18.5 Å². The Balaban J connectivity index is 1.47. The van der Waals surface area contributed by atoms with E-state index in [2.05, 4.69) is 31.5 Å². The highest BCUT2D eigenvalue weighted by Crippen LogP contribution is 2.23. The van der Waals surface area contributed by atoms with Gasteiger partial charge in [-0.05, 0) is 43.3 Å². The van der Waals surface area contributed by atoms with Crippen LogP contribution in [0.25, 0.3) is 0 Å². The van der Waals surface area contributed by atoms with E-state index in [0.717, 1.165) is 37.6 Å². The van der Waals surface area contributed by atoms with Crippen molar-refractivity contribution in [2.24, 2.45) is 0 Å². The van der Waals surface area contributed by atoms with Crippen LogP contribution in [0.1, 0.15) is 28.5 Å². The molecule has 4 nitrogen and oxygen atoms in total. The van der Waals surface area contributed by atoms with Crippen molar-refractivity contribution in [2.75, 3.05) is 13.1 Å². The number of nitrogens with one attached hydrogen (secondary N) is 1. The number of fused-ring (bicyclic) bond motifs is 1. The second-order valence-corrected chi connectivity index (χ2v) is 5.84. The molecule has 3 heterocycles. The quantitative estimate of drug-likeness (QED) is 0.918. The SMILES string of the molecule is Cc1nc(CCCN2CCc3sccc3C2)n[nH]1. The summed E-state index contributed by atoms with van der Waals surface area (Å²) in [6.45, 7) is 5.40. The van der Waals surface area contributed by atoms with Gasteiger partial charge >= 0.3 is 0 Å². The van der Waals surface area contributed by atoms with Gasteiger partial charge in [-0.1, -0.05) is 0 Å². The number of aromatic amines is 1. The average molecular weight is 262 g/mol. The summed E-state index contributed by atoms with van der Waals surface area (Å²) in [5.41, 5.74) is 1.53. The predicted molar refractivity (Wildman–Crippen MR) is 72.7 cm³/mol. The van der Waals surface area contributed by atoms with Crippen LogP contribution in [-0.4, -0.2) is 33.2 Å². The molecule has 2 aromatic heterocycles. The lowest BCUT2D eigenvalue weighted by Gasteiger charge is -2.26. The first-order valence-corrected chi connectivity index (χ1v) is 7.35. The normalized spacial score (nSPS) is 15.8. The van der Waals surface area contributed by atoms with Crippen molar-refractivity contribution in [3.63, 3.8) is 0 Å². The Hall–Kier alpha value is -1.20. The van der Waals surface area contributed by atoms with E-state index < -0.39 is 0 Å². The van der Waals surface area contributed by atoms with Gasteiger partial charge in [-0.2, -0.15) is 5.10 Å². The molecule has 0 aromatic carbocycles. The molecule has 2 aromatic rings. The van der Waals surface area contributed by atoms with E-state index in [1.54, 1.807) is 4.88 Å². The maximum Gasteiger partial charge on any atom is 0.150 e. The van der Waals surface area contributed by atoms with Crippen LogP contribution in [0.2, 0.25) is 0 Å². The Kier molecular flexibility index (Phi) is 3.43. The van der Waals surface area contributed by atoms with Gasteiger partial charge in [0.2, 0.25) is 0 Å². The molecule has 96 valence electrons. The number of H-pyrrole nitrogens is 1. The van der Waals surface area contributed by atoms with Gasteiger partial charge in [0, 0.05) is 24.4 Å². The first-order chi connectivity index (χ1) is 8.81. The molecule has 0 aliphatic carbocycles. The lowest BCUT2D eigenvalue weighted by atomic mass is 10.1. The van der Waals surface area contributed by atoms with E-state index in [1.807, 2.05) is 18.3 Å². The van der Waals surface area contributed by atoms with Gasteiger partial charge in [0.15, 0.2) is 5.82 Å². The molecule has 5 heteroatoms. The van der Waals surface area contributed by atoms with Crippen LogP contribution in [0, 0.1) is 6.92 Å². The molecular formula is C13H18N4S. The molecule has 0 bridgehead atoms. The van der Waals surface area contributed by atoms with Crippen molar-refractivity contribution in [2.45, 2.75) is 32.7 Å². The number of hydrogen-bond acceptors (Lipinski definition) is 4. The maximum absolute atomic E-state index is 4.34. The third-order valence-electron chi connectivity index (χ3n) is 3.40. The maximum atomic E-state index is 4.34. The molecule has 0 radical (unpaired) electrons. The molecule has 1 N–H and O–H groups in total. The zero-order valence-electron chi connectivity index (χ0n) is 10.6. The summed E-state index contributed by atoms with van der Waals surface area (Å²) in [5, 5.41) is 9.28. The third-order valence-corrected chi connectivity index (χ3v) is 4.43. The van der Waals surface area contributed by atoms with Crippen molar-refractivity contribution in [3.8, 4) is 0 Å². The van der Waals surface area contributed by atoms with Gasteiger partial charge < -0.3 is 0 Å². The van der Waals surface area contributed by atoms with Gasteiger partial charge in [0.05, 0.1) is 0 Å². The highest BCUT2D eigenvalue weighted by Gasteiger charge is 2.16. The first-order valence-electron chi connectivity index (χ1n) is 6.47. The zero-order valence-corrected chi connectivity index (χ0v) is 11.5. The van der Waals surface area contributed by atoms with E-state index in [4.69, 9.17) is 0 Å². The molecule has 0 saturated carbocycles. The minimum absolute atomic E-state index is 0.908. The van der Waals surface area contributed by atoms with Gasteiger partial charge in [-0.3, -0.25) is 10.00 Å². The number of rotatable bonds is 4. The Morgan fingerprint density at radius 2 is 2.44 bits per heavy atom. The summed E-state index contributed by atoms with van der Waals surface area (Å²) in [4.78, 5) is 8.45. The van der Waals surface area contributed by atoms with Crippen molar-refractivity contribution in [1.82, 2.24) is 20.1 Å². The molecule has 0 fully saturated rings. The minimum atomic E-state index is 0.908. The lowest BCUT2D eigenvalue weighted by molar-refractivity contribution is 0.252. The molecule has 0 spiro atoms. The van der Waals surface area contributed by atoms with Crippen molar-refractivity contribution in [3.05, 3.63) is 33.5 Å². The summed E-state index contributed by atoms with van der Waals surface area (Å²) in [6.07, 6.45) is 3.32. The molecular weight excluding hydrogens is 244 g/mol. The largest absolute Gasteiger partial charge is 0.299 e. The average Bonchev–Trinajstić information content (AvgIpc) is 2.97. The van der Waals surface area contributed by atoms with Crippen LogP contribution >= 0.6 is 11.3 Å². The Bertz CT molecular complexity index is 517. The van der Waals surface area contributed by atoms with Gasteiger partial charge in [-0.15, -0.1) is 11.3 Å². The number of hydrogen-bond donors (Lipinski definition) is 1. The smallest absolute Gasteiger partial charge is 0.150 e. The summed E-state index contributed by atoms with van der Waals surface area (Å²) < 4.78 is 0. The van der Waals surface area contributed by atoms with Crippen molar-refractivity contribution in [1.29, 1.82) is 0 Å². The zero-order chi connectivity index (χ0) is 12.4. The Morgan fingerprint density at radius 3 is 3.28 bits per heavy atom. The molecule has 3 rings (SSSR count).